The summed E-state index contributed by atoms with van der Waals surface area (Å²) in [6, 6.07) is 7.99. The molecular weight excluding hydrogens is 330 g/mol. The first kappa shape index (κ1) is 16.5. The Morgan fingerprint density at radius 3 is 2.86 bits per heavy atom. The maximum absolute atomic E-state index is 11.8. The summed E-state index contributed by atoms with van der Waals surface area (Å²) >= 11 is 3.52. The second-order valence-corrected chi connectivity index (χ2v) is 6.64. The zero-order valence-corrected chi connectivity index (χ0v) is 14.1. The van der Waals surface area contributed by atoms with E-state index in [1.54, 1.807) is 0 Å². The fraction of sp³-hybridized carbons (Fsp3) is 0.562. The Labute approximate surface area is 135 Å². The molecule has 1 aromatic rings. The van der Waals surface area contributed by atoms with Crippen LogP contribution in [0, 0.1) is 0 Å². The summed E-state index contributed by atoms with van der Waals surface area (Å²) in [5.74, 6) is -0.238. The van der Waals surface area contributed by atoms with Crippen LogP contribution in [0.1, 0.15) is 44.2 Å². The molecule has 0 spiro atoms. The van der Waals surface area contributed by atoms with Crippen molar-refractivity contribution in [3.63, 3.8) is 0 Å². The average Bonchev–Trinajstić information content (AvgIpc) is 2.47. The predicted octanol–water partition coefficient (Wildman–Crippen LogP) is 2.57. The second kappa shape index (κ2) is 7.38. The first-order chi connectivity index (χ1) is 10.0. The third-order valence-corrected chi connectivity index (χ3v) is 4.79. The zero-order chi connectivity index (χ0) is 15.4. The van der Waals surface area contributed by atoms with Crippen LogP contribution < -0.4 is 11.5 Å². The second-order valence-electron chi connectivity index (χ2n) is 5.72. The molecule has 4 nitrogen and oxygen atoms in total. The summed E-state index contributed by atoms with van der Waals surface area (Å²) in [5, 5.41) is 0. The van der Waals surface area contributed by atoms with Gasteiger partial charge in [0.15, 0.2) is 0 Å². The summed E-state index contributed by atoms with van der Waals surface area (Å²) in [6.07, 6.45) is 3.83. The molecule has 0 bridgehead atoms. The highest BCUT2D eigenvalue weighted by Crippen LogP contribution is 2.32. The number of carbonyl (C=O) groups excluding carboxylic acids is 1. The molecule has 0 aromatic heterocycles. The Morgan fingerprint density at radius 1 is 1.48 bits per heavy atom. The van der Waals surface area contributed by atoms with Crippen molar-refractivity contribution in [2.24, 2.45) is 11.5 Å². The van der Waals surface area contributed by atoms with Crippen molar-refractivity contribution >= 4 is 21.8 Å². The molecule has 3 atom stereocenters. The van der Waals surface area contributed by atoms with Gasteiger partial charge in [0, 0.05) is 10.5 Å². The van der Waals surface area contributed by atoms with E-state index in [1.807, 2.05) is 12.1 Å². The smallest absolute Gasteiger partial charge is 0.234 e. The Bertz CT molecular complexity index is 494. The number of piperidine rings is 1. The van der Waals surface area contributed by atoms with Gasteiger partial charge in [0.1, 0.15) is 0 Å². The quantitative estimate of drug-likeness (QED) is 0.854. The summed E-state index contributed by atoms with van der Waals surface area (Å²) in [6.45, 7) is 2.96. The topological polar surface area (TPSA) is 72.3 Å². The Kier molecular flexibility index (Phi) is 5.79. The molecule has 1 amide bonds. The van der Waals surface area contributed by atoms with Crippen LogP contribution in [0.3, 0.4) is 0 Å². The highest BCUT2D eigenvalue weighted by Gasteiger charge is 2.35. The number of primary amides is 1. The molecule has 4 N–H and O–H groups in total. The Hall–Kier alpha value is -0.910. The Balaban J connectivity index is 2.36. The molecule has 116 valence electrons. The number of rotatable bonds is 5. The third-order valence-electron chi connectivity index (χ3n) is 4.30. The molecule has 0 saturated carbocycles. The van der Waals surface area contributed by atoms with Crippen molar-refractivity contribution in [3.8, 4) is 0 Å². The predicted molar refractivity (Wildman–Crippen MR) is 88.7 cm³/mol. The van der Waals surface area contributed by atoms with E-state index in [2.05, 4.69) is 39.9 Å². The van der Waals surface area contributed by atoms with Crippen molar-refractivity contribution in [1.29, 1.82) is 0 Å². The van der Waals surface area contributed by atoms with E-state index < -0.39 is 0 Å². The van der Waals surface area contributed by atoms with Gasteiger partial charge in [-0.1, -0.05) is 41.4 Å². The van der Waals surface area contributed by atoms with Crippen LogP contribution in [-0.4, -0.2) is 29.4 Å². The van der Waals surface area contributed by atoms with E-state index in [4.69, 9.17) is 11.5 Å². The minimum atomic E-state index is -0.238. The fourth-order valence-corrected chi connectivity index (χ4v) is 3.61. The molecule has 1 saturated heterocycles. The van der Waals surface area contributed by atoms with Crippen LogP contribution in [0.2, 0.25) is 0 Å². The molecule has 3 unspecified atom stereocenters. The van der Waals surface area contributed by atoms with Gasteiger partial charge in [-0.25, -0.2) is 0 Å². The lowest BCUT2D eigenvalue weighted by molar-refractivity contribution is -0.125. The van der Waals surface area contributed by atoms with Gasteiger partial charge in [-0.2, -0.15) is 0 Å². The highest BCUT2D eigenvalue weighted by atomic mass is 79.9. The minimum absolute atomic E-state index is 0.0146. The molecule has 0 aliphatic carbocycles. The molecular formula is C16H24BrN3O. The van der Waals surface area contributed by atoms with Crippen LogP contribution in [-0.2, 0) is 4.79 Å². The van der Waals surface area contributed by atoms with Gasteiger partial charge in [-0.3, -0.25) is 9.69 Å². The number of nitrogens with zero attached hydrogens (tertiary/aromatic N) is 1. The molecule has 1 heterocycles. The maximum atomic E-state index is 11.8. The minimum Gasteiger partial charge on any atom is -0.368 e. The van der Waals surface area contributed by atoms with Crippen LogP contribution in [0.15, 0.2) is 28.7 Å². The summed E-state index contributed by atoms with van der Waals surface area (Å²) in [4.78, 5) is 14.0. The number of amides is 1. The summed E-state index contributed by atoms with van der Waals surface area (Å²) in [5.41, 5.74) is 13.1. The van der Waals surface area contributed by atoms with E-state index in [9.17, 15) is 4.79 Å². The maximum Gasteiger partial charge on any atom is 0.234 e. The number of halogens is 1. The van der Waals surface area contributed by atoms with Gasteiger partial charge in [-0.15, -0.1) is 0 Å². The average molecular weight is 354 g/mol. The van der Waals surface area contributed by atoms with Gasteiger partial charge in [0.2, 0.25) is 5.91 Å². The van der Waals surface area contributed by atoms with Gasteiger partial charge < -0.3 is 11.5 Å². The number of nitrogens with two attached hydrogens (primary N) is 2. The molecule has 1 aromatic carbocycles. The molecule has 2 rings (SSSR count). The van der Waals surface area contributed by atoms with Crippen molar-refractivity contribution in [3.05, 3.63) is 34.3 Å². The number of carbonyl (C=O) groups is 1. The largest absolute Gasteiger partial charge is 0.368 e. The van der Waals surface area contributed by atoms with E-state index >= 15 is 0 Å². The lowest BCUT2D eigenvalue weighted by Crippen LogP contribution is -2.53. The molecule has 5 heteroatoms. The zero-order valence-electron chi connectivity index (χ0n) is 12.5. The van der Waals surface area contributed by atoms with Crippen molar-refractivity contribution in [2.75, 3.05) is 6.54 Å². The number of hydrogen-bond acceptors (Lipinski definition) is 3. The van der Waals surface area contributed by atoms with E-state index in [0.717, 1.165) is 42.3 Å². The van der Waals surface area contributed by atoms with E-state index in [0.29, 0.717) is 0 Å². The van der Waals surface area contributed by atoms with Crippen LogP contribution in [0.4, 0.5) is 0 Å². The Morgan fingerprint density at radius 2 is 2.24 bits per heavy atom. The molecule has 0 radical (unpaired) electrons. The van der Waals surface area contributed by atoms with Gasteiger partial charge in [0.25, 0.3) is 0 Å². The first-order valence-electron chi connectivity index (χ1n) is 7.60. The molecule has 1 aliphatic rings. The summed E-state index contributed by atoms with van der Waals surface area (Å²) in [7, 11) is 0. The normalized spacial score (nSPS) is 22.7. The van der Waals surface area contributed by atoms with Crippen molar-refractivity contribution in [2.45, 2.75) is 50.7 Å². The van der Waals surface area contributed by atoms with Gasteiger partial charge in [-0.05, 0) is 43.5 Å². The molecule has 21 heavy (non-hydrogen) atoms. The SMILES string of the molecule is CCC(N)C(c1cccc(Br)c1)N1CCCCC1C(N)=O. The van der Waals surface area contributed by atoms with Crippen LogP contribution >= 0.6 is 15.9 Å². The number of likely N-dealkylation sites (tertiary alicyclic amines) is 1. The number of benzene rings is 1. The monoisotopic (exact) mass is 353 g/mol. The van der Waals surface area contributed by atoms with E-state index in [-0.39, 0.29) is 24.0 Å². The third kappa shape index (κ3) is 3.84. The van der Waals surface area contributed by atoms with Crippen molar-refractivity contribution < 1.29 is 4.79 Å². The van der Waals surface area contributed by atoms with E-state index in [1.165, 1.54) is 0 Å². The highest BCUT2D eigenvalue weighted by molar-refractivity contribution is 9.10. The first-order valence-corrected chi connectivity index (χ1v) is 8.40. The lowest BCUT2D eigenvalue weighted by atomic mass is 9.91. The molecule has 1 fully saturated rings. The molecule has 1 aliphatic heterocycles. The van der Waals surface area contributed by atoms with Gasteiger partial charge in [0.05, 0.1) is 12.1 Å². The lowest BCUT2D eigenvalue weighted by Gasteiger charge is -2.42. The number of hydrogen-bond donors (Lipinski definition) is 2. The fourth-order valence-electron chi connectivity index (χ4n) is 3.19. The standard InChI is InChI=1S/C16H24BrN3O/c1-2-13(18)15(11-6-5-7-12(17)10-11)20-9-4-3-8-14(20)16(19)21/h5-7,10,13-15H,2-4,8-9,18H2,1H3,(H2,19,21). The van der Waals surface area contributed by atoms with Crippen molar-refractivity contribution in [1.82, 2.24) is 4.90 Å². The summed E-state index contributed by atoms with van der Waals surface area (Å²) < 4.78 is 1.03. The van der Waals surface area contributed by atoms with Gasteiger partial charge >= 0.3 is 0 Å². The van der Waals surface area contributed by atoms with Crippen LogP contribution in [0.25, 0.3) is 0 Å². The van der Waals surface area contributed by atoms with Crippen LogP contribution in [0.5, 0.6) is 0 Å².